The van der Waals surface area contributed by atoms with E-state index in [0.29, 0.717) is 17.8 Å². The number of carbonyl (C=O) groups excluding carboxylic acids is 2. The highest BCUT2D eigenvalue weighted by Crippen LogP contribution is 2.65. The zero-order valence-electron chi connectivity index (χ0n) is 14.5. The zero-order chi connectivity index (χ0) is 20.6. The fourth-order valence-electron chi connectivity index (χ4n) is 3.03. The highest BCUT2D eigenvalue weighted by atomic mass is 35.5. The minimum Gasteiger partial charge on any atom is -0.352 e. The molecule has 148 valence electrons. The van der Waals surface area contributed by atoms with Gasteiger partial charge in [-0.15, -0.1) is 23.2 Å². The Morgan fingerprint density at radius 1 is 1.11 bits per heavy atom. The Morgan fingerprint density at radius 2 is 1.82 bits per heavy atom. The topological polar surface area (TPSA) is 58.2 Å². The quantitative estimate of drug-likeness (QED) is 0.582. The third-order valence-corrected chi connectivity index (χ3v) is 6.01. The van der Waals surface area contributed by atoms with Crippen molar-refractivity contribution >= 4 is 63.9 Å². The smallest absolute Gasteiger partial charge is 0.252 e. The summed E-state index contributed by atoms with van der Waals surface area (Å²) in [6.07, 6.45) is 0. The van der Waals surface area contributed by atoms with E-state index in [1.54, 1.807) is 13.0 Å². The second kappa shape index (κ2) is 8.07. The number of carbonyl (C=O) groups is 2. The summed E-state index contributed by atoms with van der Waals surface area (Å²) in [5.41, 5.74) is 1.18. The van der Waals surface area contributed by atoms with Crippen LogP contribution in [-0.2, 0) is 4.79 Å². The molecule has 28 heavy (non-hydrogen) atoms. The fourth-order valence-corrected chi connectivity index (χ4v) is 4.25. The molecule has 3 rings (SSSR count). The van der Waals surface area contributed by atoms with Gasteiger partial charge in [0, 0.05) is 18.2 Å². The van der Waals surface area contributed by atoms with Gasteiger partial charge in [-0.05, 0) is 42.8 Å². The molecule has 0 spiro atoms. The molecule has 0 aliphatic heterocycles. The van der Waals surface area contributed by atoms with Gasteiger partial charge in [0.2, 0.25) is 5.91 Å². The molecule has 1 aliphatic carbocycles. The van der Waals surface area contributed by atoms with Crippen molar-refractivity contribution in [1.82, 2.24) is 5.32 Å². The molecule has 0 aromatic heterocycles. The molecule has 2 aromatic carbocycles. The Morgan fingerprint density at radius 3 is 2.46 bits per heavy atom. The molecule has 0 radical (unpaired) electrons. The molecule has 2 atom stereocenters. The van der Waals surface area contributed by atoms with Crippen LogP contribution in [0.15, 0.2) is 36.4 Å². The van der Waals surface area contributed by atoms with Gasteiger partial charge >= 0.3 is 0 Å². The van der Waals surface area contributed by atoms with Crippen molar-refractivity contribution in [2.45, 2.75) is 17.2 Å². The van der Waals surface area contributed by atoms with E-state index in [2.05, 4.69) is 10.6 Å². The standard InChI is InChI=1S/C19H15Cl4FN2O2/c1-2-25-17(27)11-8-10(4-5-12(11)20)26-18(28)16-15(19(16,22)23)9-3-6-14(24)13(21)7-9/h3-8,15-16H,2H2,1H3,(H,25,27)(H,26,28)/t15-,16+/m0/s1. The summed E-state index contributed by atoms with van der Waals surface area (Å²) in [4.78, 5) is 24.8. The van der Waals surface area contributed by atoms with Crippen molar-refractivity contribution in [3.63, 3.8) is 0 Å². The Kier molecular flexibility index (Phi) is 6.11. The van der Waals surface area contributed by atoms with E-state index < -0.39 is 27.9 Å². The van der Waals surface area contributed by atoms with Gasteiger partial charge in [-0.2, -0.15) is 0 Å². The van der Waals surface area contributed by atoms with Gasteiger partial charge in [-0.25, -0.2) is 4.39 Å². The van der Waals surface area contributed by atoms with E-state index in [9.17, 15) is 14.0 Å². The van der Waals surface area contributed by atoms with E-state index in [1.807, 2.05) is 0 Å². The summed E-state index contributed by atoms with van der Waals surface area (Å²) in [5, 5.41) is 5.53. The first-order valence-electron chi connectivity index (χ1n) is 8.38. The van der Waals surface area contributed by atoms with Crippen LogP contribution in [0.5, 0.6) is 0 Å². The predicted molar refractivity (Wildman–Crippen MR) is 110 cm³/mol. The summed E-state index contributed by atoms with van der Waals surface area (Å²) in [6.45, 7) is 2.23. The Labute approximate surface area is 181 Å². The molecular formula is C19H15Cl4FN2O2. The molecule has 1 fully saturated rings. The highest BCUT2D eigenvalue weighted by molar-refractivity contribution is 6.53. The van der Waals surface area contributed by atoms with Crippen LogP contribution in [0.3, 0.4) is 0 Å². The number of alkyl halides is 2. The van der Waals surface area contributed by atoms with Crippen LogP contribution in [0, 0.1) is 11.7 Å². The number of nitrogens with one attached hydrogen (secondary N) is 2. The molecule has 0 unspecified atom stereocenters. The zero-order valence-corrected chi connectivity index (χ0v) is 17.6. The van der Waals surface area contributed by atoms with Crippen molar-refractivity contribution in [2.24, 2.45) is 5.92 Å². The molecule has 2 N–H and O–H groups in total. The van der Waals surface area contributed by atoms with Gasteiger partial charge in [0.1, 0.15) is 10.2 Å². The Hall–Kier alpha value is -1.53. The number of halogens is 5. The molecular weight excluding hydrogens is 449 g/mol. The van der Waals surface area contributed by atoms with Gasteiger partial charge < -0.3 is 10.6 Å². The lowest BCUT2D eigenvalue weighted by molar-refractivity contribution is -0.117. The molecule has 2 aromatic rings. The van der Waals surface area contributed by atoms with Crippen LogP contribution in [0.1, 0.15) is 28.8 Å². The van der Waals surface area contributed by atoms with Crippen molar-refractivity contribution in [1.29, 1.82) is 0 Å². The maximum absolute atomic E-state index is 13.4. The van der Waals surface area contributed by atoms with E-state index >= 15 is 0 Å². The monoisotopic (exact) mass is 462 g/mol. The summed E-state index contributed by atoms with van der Waals surface area (Å²) < 4.78 is 12.0. The lowest BCUT2D eigenvalue weighted by Gasteiger charge is -2.09. The van der Waals surface area contributed by atoms with Crippen LogP contribution in [0.4, 0.5) is 10.1 Å². The number of anilines is 1. The van der Waals surface area contributed by atoms with Gasteiger partial charge in [-0.1, -0.05) is 29.3 Å². The first-order valence-corrected chi connectivity index (χ1v) is 9.89. The molecule has 4 nitrogen and oxygen atoms in total. The Balaban J connectivity index is 1.79. The largest absolute Gasteiger partial charge is 0.352 e. The first kappa shape index (κ1) is 21.2. The summed E-state index contributed by atoms with van der Waals surface area (Å²) in [5.74, 6) is -2.65. The van der Waals surface area contributed by atoms with E-state index in [4.69, 9.17) is 46.4 Å². The minimum atomic E-state index is -1.35. The van der Waals surface area contributed by atoms with Crippen LogP contribution in [0.2, 0.25) is 10.0 Å². The number of hydrogen-bond donors (Lipinski definition) is 2. The molecule has 2 amide bonds. The molecule has 1 aliphatic rings. The second-order valence-electron chi connectivity index (χ2n) is 6.35. The van der Waals surface area contributed by atoms with Gasteiger partial charge in [-0.3, -0.25) is 9.59 Å². The van der Waals surface area contributed by atoms with Gasteiger partial charge in [0.25, 0.3) is 5.91 Å². The molecule has 0 heterocycles. The first-order chi connectivity index (χ1) is 13.2. The second-order valence-corrected chi connectivity index (χ2v) is 8.61. The van der Waals surface area contributed by atoms with Crippen molar-refractivity contribution < 1.29 is 14.0 Å². The summed E-state index contributed by atoms with van der Waals surface area (Å²) in [7, 11) is 0. The lowest BCUT2D eigenvalue weighted by atomic mass is 10.1. The van der Waals surface area contributed by atoms with E-state index in [-0.39, 0.29) is 21.5 Å². The predicted octanol–water partition coefficient (Wildman–Crippen LogP) is 5.41. The highest BCUT2D eigenvalue weighted by Gasteiger charge is 2.67. The SMILES string of the molecule is CCNC(=O)c1cc(NC(=O)[C@H]2[C@H](c3ccc(F)c(Cl)c3)C2(Cl)Cl)ccc1Cl. The van der Waals surface area contributed by atoms with Crippen LogP contribution in [0.25, 0.3) is 0 Å². The Bertz CT molecular complexity index is 952. The fraction of sp³-hybridized carbons (Fsp3) is 0.263. The van der Waals surface area contributed by atoms with Crippen molar-refractivity contribution in [3.8, 4) is 0 Å². The molecule has 9 heteroatoms. The summed E-state index contributed by atoms with van der Waals surface area (Å²) >= 11 is 24.5. The minimum absolute atomic E-state index is 0.0722. The van der Waals surface area contributed by atoms with Crippen molar-refractivity contribution in [3.05, 3.63) is 63.4 Å². The average molecular weight is 464 g/mol. The van der Waals surface area contributed by atoms with E-state index in [0.717, 1.165) is 0 Å². The number of benzene rings is 2. The lowest BCUT2D eigenvalue weighted by Crippen LogP contribution is -2.23. The van der Waals surface area contributed by atoms with Crippen molar-refractivity contribution in [2.75, 3.05) is 11.9 Å². The molecule has 0 bridgehead atoms. The maximum atomic E-state index is 13.4. The number of rotatable bonds is 5. The van der Waals surface area contributed by atoms with E-state index in [1.165, 1.54) is 30.3 Å². The number of hydrogen-bond acceptors (Lipinski definition) is 2. The van der Waals surface area contributed by atoms with Crippen LogP contribution < -0.4 is 10.6 Å². The third kappa shape index (κ3) is 4.08. The van der Waals surface area contributed by atoms with Crippen LogP contribution >= 0.6 is 46.4 Å². The molecule has 0 saturated heterocycles. The van der Waals surface area contributed by atoms with Gasteiger partial charge in [0.15, 0.2) is 0 Å². The molecule has 1 saturated carbocycles. The average Bonchev–Trinajstić information content (AvgIpc) is 3.21. The van der Waals surface area contributed by atoms with Gasteiger partial charge in [0.05, 0.1) is 21.5 Å². The number of amides is 2. The summed E-state index contributed by atoms with van der Waals surface area (Å²) in [6, 6.07) is 8.66. The normalized spacial score (nSPS) is 19.8. The maximum Gasteiger partial charge on any atom is 0.252 e. The van der Waals surface area contributed by atoms with Crippen LogP contribution in [-0.4, -0.2) is 22.7 Å². The third-order valence-electron chi connectivity index (χ3n) is 4.45.